The highest BCUT2D eigenvalue weighted by Crippen LogP contribution is 2.18. The van der Waals surface area contributed by atoms with Crippen LogP contribution in [0.1, 0.15) is 30.6 Å². The summed E-state index contributed by atoms with van der Waals surface area (Å²) in [4.78, 5) is 4.30. The van der Waals surface area contributed by atoms with Crippen molar-refractivity contribution in [2.75, 3.05) is 0 Å². The third kappa shape index (κ3) is 2.69. The number of nitrogens with two attached hydrogens (primary N) is 1. The molecule has 1 unspecified atom stereocenters. The smallest absolute Gasteiger partial charge is 0.0911 e. The Bertz CT molecular complexity index is 451. The number of hydrazine groups is 1. The molecule has 0 spiro atoms. The van der Waals surface area contributed by atoms with Gasteiger partial charge in [-0.15, -0.1) is 0 Å². The molecule has 0 aliphatic carbocycles. The zero-order valence-electron chi connectivity index (χ0n) is 9.87. The Morgan fingerprint density at radius 1 is 1.47 bits per heavy atom. The van der Waals surface area contributed by atoms with Crippen LogP contribution in [0.15, 0.2) is 36.8 Å². The van der Waals surface area contributed by atoms with E-state index in [9.17, 15) is 0 Å². The maximum atomic E-state index is 5.59. The molecular formula is C12H17N5. The van der Waals surface area contributed by atoms with Crippen molar-refractivity contribution < 1.29 is 0 Å². The Balaban J connectivity index is 2.23. The monoisotopic (exact) mass is 231 g/mol. The topological polar surface area (TPSA) is 68.8 Å². The summed E-state index contributed by atoms with van der Waals surface area (Å²) in [7, 11) is 0. The molecule has 0 aromatic carbocycles. The summed E-state index contributed by atoms with van der Waals surface area (Å²) in [6.07, 6.45) is 6.65. The van der Waals surface area contributed by atoms with Crippen molar-refractivity contribution >= 4 is 0 Å². The van der Waals surface area contributed by atoms with Gasteiger partial charge >= 0.3 is 0 Å². The number of nitrogens with one attached hydrogen (secondary N) is 1. The first-order chi connectivity index (χ1) is 8.35. The summed E-state index contributed by atoms with van der Waals surface area (Å²) < 4.78 is 1.92. The van der Waals surface area contributed by atoms with Crippen molar-refractivity contribution in [3.63, 3.8) is 0 Å². The minimum absolute atomic E-state index is 0.109. The predicted octanol–water partition coefficient (Wildman–Crippen LogP) is 1.24. The van der Waals surface area contributed by atoms with Gasteiger partial charge in [-0.1, -0.05) is 13.0 Å². The molecule has 0 aliphatic heterocycles. The van der Waals surface area contributed by atoms with Crippen LogP contribution in [0.25, 0.3) is 0 Å². The van der Waals surface area contributed by atoms with E-state index in [1.54, 1.807) is 6.20 Å². The first-order valence-electron chi connectivity index (χ1n) is 5.74. The molecule has 2 aromatic rings. The van der Waals surface area contributed by atoms with Crippen molar-refractivity contribution in [1.82, 2.24) is 20.2 Å². The van der Waals surface area contributed by atoms with Gasteiger partial charge < -0.3 is 0 Å². The summed E-state index contributed by atoms with van der Waals surface area (Å²) in [6, 6.07) is 5.67. The molecule has 3 N–H and O–H groups in total. The number of nitrogens with zero attached hydrogens (tertiary/aromatic N) is 3. The van der Waals surface area contributed by atoms with Gasteiger partial charge in [0.1, 0.15) is 0 Å². The molecule has 0 saturated carbocycles. The van der Waals surface area contributed by atoms with Gasteiger partial charge in [0, 0.05) is 24.5 Å². The van der Waals surface area contributed by atoms with E-state index in [1.807, 2.05) is 35.3 Å². The molecular weight excluding hydrogens is 214 g/mol. The van der Waals surface area contributed by atoms with E-state index in [0.717, 1.165) is 24.2 Å². The molecule has 0 aliphatic rings. The van der Waals surface area contributed by atoms with E-state index in [-0.39, 0.29) is 6.04 Å². The Labute approximate surface area is 101 Å². The maximum Gasteiger partial charge on any atom is 0.0911 e. The van der Waals surface area contributed by atoms with Gasteiger partial charge in [-0.2, -0.15) is 5.10 Å². The quantitative estimate of drug-likeness (QED) is 0.600. The van der Waals surface area contributed by atoms with Crippen LogP contribution in [0.4, 0.5) is 0 Å². The molecule has 2 rings (SSSR count). The van der Waals surface area contributed by atoms with Crippen LogP contribution < -0.4 is 11.3 Å². The number of hydrogen-bond donors (Lipinski definition) is 2. The second-order valence-electron chi connectivity index (χ2n) is 3.89. The largest absolute Gasteiger partial charge is 0.272 e. The van der Waals surface area contributed by atoms with Crippen LogP contribution in [-0.2, 0) is 6.54 Å². The van der Waals surface area contributed by atoms with Crippen LogP contribution in [-0.4, -0.2) is 14.8 Å². The summed E-state index contributed by atoms with van der Waals surface area (Å²) in [5, 5.41) is 4.29. The highest BCUT2D eigenvalue weighted by Gasteiger charge is 2.15. The Kier molecular flexibility index (Phi) is 3.85. The Morgan fingerprint density at radius 3 is 3.00 bits per heavy atom. The molecule has 5 nitrogen and oxygen atoms in total. The number of pyridine rings is 1. The van der Waals surface area contributed by atoms with Gasteiger partial charge in [0.05, 0.1) is 17.9 Å². The zero-order chi connectivity index (χ0) is 12.1. The lowest BCUT2D eigenvalue weighted by Gasteiger charge is -2.12. The lowest BCUT2D eigenvalue weighted by Crippen LogP contribution is -2.29. The standard InChI is InChI=1S/C12H17N5/c1-2-7-17-9-10(8-15-17)12(16-13)11-5-3-4-6-14-11/h3-6,8-9,12,16H,2,7,13H2,1H3. The van der Waals surface area contributed by atoms with Crippen molar-refractivity contribution in [2.24, 2.45) is 5.84 Å². The molecule has 2 heterocycles. The molecule has 0 bridgehead atoms. The molecule has 2 aromatic heterocycles. The predicted molar refractivity (Wildman–Crippen MR) is 65.9 cm³/mol. The van der Waals surface area contributed by atoms with E-state index < -0.39 is 0 Å². The average molecular weight is 231 g/mol. The van der Waals surface area contributed by atoms with Crippen LogP contribution in [0.3, 0.4) is 0 Å². The van der Waals surface area contributed by atoms with Crippen LogP contribution in [0, 0.1) is 0 Å². The van der Waals surface area contributed by atoms with E-state index >= 15 is 0 Å². The lowest BCUT2D eigenvalue weighted by molar-refractivity contribution is 0.595. The average Bonchev–Trinajstić information content (AvgIpc) is 2.81. The lowest BCUT2D eigenvalue weighted by atomic mass is 10.1. The first kappa shape index (κ1) is 11.8. The van der Waals surface area contributed by atoms with Gasteiger partial charge in [-0.05, 0) is 18.6 Å². The maximum absolute atomic E-state index is 5.59. The number of aromatic nitrogens is 3. The fraction of sp³-hybridized carbons (Fsp3) is 0.333. The van der Waals surface area contributed by atoms with E-state index in [1.165, 1.54) is 0 Å². The fourth-order valence-corrected chi connectivity index (χ4v) is 1.78. The van der Waals surface area contributed by atoms with Crippen LogP contribution >= 0.6 is 0 Å². The zero-order valence-corrected chi connectivity index (χ0v) is 9.87. The third-order valence-corrected chi connectivity index (χ3v) is 2.59. The molecule has 0 radical (unpaired) electrons. The van der Waals surface area contributed by atoms with Crippen molar-refractivity contribution in [3.8, 4) is 0 Å². The molecule has 0 amide bonds. The number of aryl methyl sites for hydroxylation is 1. The summed E-state index contributed by atoms with van der Waals surface area (Å²) in [5.41, 5.74) is 4.70. The molecule has 0 saturated heterocycles. The Hall–Kier alpha value is -1.72. The normalized spacial score (nSPS) is 12.6. The van der Waals surface area contributed by atoms with Crippen LogP contribution in [0.2, 0.25) is 0 Å². The van der Waals surface area contributed by atoms with Gasteiger partial charge in [-0.25, -0.2) is 5.43 Å². The summed E-state index contributed by atoms with van der Waals surface area (Å²) >= 11 is 0. The molecule has 1 atom stereocenters. The van der Waals surface area contributed by atoms with Gasteiger partial charge in [0.25, 0.3) is 0 Å². The van der Waals surface area contributed by atoms with Gasteiger partial charge in [0.2, 0.25) is 0 Å². The second kappa shape index (κ2) is 5.56. The molecule has 90 valence electrons. The highest BCUT2D eigenvalue weighted by atomic mass is 15.3. The third-order valence-electron chi connectivity index (χ3n) is 2.59. The molecule has 5 heteroatoms. The van der Waals surface area contributed by atoms with Gasteiger partial charge in [0.15, 0.2) is 0 Å². The number of hydrogen-bond acceptors (Lipinski definition) is 4. The van der Waals surface area contributed by atoms with Crippen molar-refractivity contribution in [1.29, 1.82) is 0 Å². The molecule has 0 fully saturated rings. The van der Waals surface area contributed by atoms with Crippen LogP contribution in [0.5, 0.6) is 0 Å². The Morgan fingerprint density at radius 2 is 2.35 bits per heavy atom. The second-order valence-corrected chi connectivity index (χ2v) is 3.89. The summed E-state index contributed by atoms with van der Waals surface area (Å²) in [5.74, 6) is 5.59. The van der Waals surface area contributed by atoms with E-state index in [4.69, 9.17) is 5.84 Å². The van der Waals surface area contributed by atoms with Crippen molar-refractivity contribution in [3.05, 3.63) is 48.0 Å². The fourth-order valence-electron chi connectivity index (χ4n) is 1.78. The minimum atomic E-state index is -0.109. The van der Waals surface area contributed by atoms with E-state index in [2.05, 4.69) is 22.4 Å². The SMILES string of the molecule is CCCn1cc(C(NN)c2ccccn2)cn1. The van der Waals surface area contributed by atoms with Crippen molar-refractivity contribution in [2.45, 2.75) is 25.9 Å². The van der Waals surface area contributed by atoms with Gasteiger partial charge in [-0.3, -0.25) is 15.5 Å². The first-order valence-corrected chi connectivity index (χ1v) is 5.74. The number of rotatable bonds is 5. The molecule has 17 heavy (non-hydrogen) atoms. The minimum Gasteiger partial charge on any atom is -0.272 e. The van der Waals surface area contributed by atoms with E-state index in [0.29, 0.717) is 0 Å². The highest BCUT2D eigenvalue weighted by molar-refractivity contribution is 5.23. The summed E-state index contributed by atoms with van der Waals surface area (Å²) in [6.45, 7) is 3.04.